The lowest BCUT2D eigenvalue weighted by Crippen LogP contribution is -2.43. The van der Waals surface area contributed by atoms with Gasteiger partial charge in [-0.15, -0.1) is 0 Å². The lowest BCUT2D eigenvalue weighted by molar-refractivity contribution is 0.266. The van der Waals surface area contributed by atoms with Crippen molar-refractivity contribution in [1.29, 1.82) is 0 Å². The van der Waals surface area contributed by atoms with Gasteiger partial charge in [-0.05, 0) is 92.1 Å². The van der Waals surface area contributed by atoms with E-state index in [4.69, 9.17) is 0 Å². The predicted molar refractivity (Wildman–Crippen MR) is 130 cm³/mol. The van der Waals surface area contributed by atoms with Gasteiger partial charge < -0.3 is 9.88 Å². The normalized spacial score (nSPS) is 21.0. The molecule has 0 atom stereocenters. The Hall–Kier alpha value is -2.40. The van der Waals surface area contributed by atoms with Crippen molar-refractivity contribution in [3.63, 3.8) is 0 Å². The van der Waals surface area contributed by atoms with Crippen LogP contribution < -0.4 is 9.44 Å². The van der Waals surface area contributed by atoms with Gasteiger partial charge >= 0.3 is 0 Å². The third-order valence-electron chi connectivity index (χ3n) is 7.12. The lowest BCUT2D eigenvalue weighted by Gasteiger charge is -2.36. The summed E-state index contributed by atoms with van der Waals surface area (Å²) >= 11 is 0. The van der Waals surface area contributed by atoms with E-state index in [1.807, 2.05) is 0 Å². The summed E-state index contributed by atoms with van der Waals surface area (Å²) in [5, 5.41) is 0.467. The average Bonchev–Trinajstić information content (AvgIpc) is 3.42. The van der Waals surface area contributed by atoms with Gasteiger partial charge in [0.25, 0.3) is 10.2 Å². The first-order valence-electron chi connectivity index (χ1n) is 12.0. The van der Waals surface area contributed by atoms with Crippen LogP contribution in [0.15, 0.2) is 36.4 Å². The predicted octanol–water partition coefficient (Wildman–Crippen LogP) is 4.27. The highest BCUT2D eigenvalue weighted by Crippen LogP contribution is 2.48. The van der Waals surface area contributed by atoms with E-state index in [0.717, 1.165) is 37.6 Å². The minimum absolute atomic E-state index is 0.00244. The van der Waals surface area contributed by atoms with Gasteiger partial charge in [-0.1, -0.05) is 0 Å². The van der Waals surface area contributed by atoms with Crippen molar-refractivity contribution < 1.29 is 21.6 Å². The van der Waals surface area contributed by atoms with Crippen molar-refractivity contribution in [3.05, 3.63) is 59.4 Å². The van der Waals surface area contributed by atoms with E-state index in [1.54, 1.807) is 12.1 Å². The molecule has 2 fully saturated rings. The molecule has 0 radical (unpaired) electrons. The molecule has 3 aromatic rings. The highest BCUT2D eigenvalue weighted by Gasteiger charge is 2.35. The number of nitrogens with zero attached hydrogens (tertiary/aromatic N) is 1. The van der Waals surface area contributed by atoms with E-state index in [2.05, 4.69) is 19.3 Å². The zero-order valence-corrected chi connectivity index (χ0v) is 20.1. The van der Waals surface area contributed by atoms with Gasteiger partial charge in [-0.3, -0.25) is 0 Å². The van der Waals surface area contributed by atoms with Crippen LogP contribution in [-0.2, 0) is 10.2 Å². The highest BCUT2D eigenvalue weighted by atomic mass is 32.2. The van der Waals surface area contributed by atoms with Gasteiger partial charge in [0.05, 0.1) is 11.2 Å². The Labute approximate surface area is 203 Å². The van der Waals surface area contributed by atoms with Crippen molar-refractivity contribution in [2.45, 2.75) is 31.6 Å². The Morgan fingerprint density at radius 3 is 2.40 bits per heavy atom. The molecule has 2 aliphatic rings. The van der Waals surface area contributed by atoms with Crippen molar-refractivity contribution >= 4 is 21.1 Å². The number of H-pyrrole nitrogens is 1. The van der Waals surface area contributed by atoms with Gasteiger partial charge in [0.15, 0.2) is 0 Å². The second-order valence-electron chi connectivity index (χ2n) is 9.56. The Morgan fingerprint density at radius 2 is 1.69 bits per heavy atom. The van der Waals surface area contributed by atoms with Gasteiger partial charge in [0.1, 0.15) is 17.5 Å². The summed E-state index contributed by atoms with van der Waals surface area (Å²) in [7, 11) is -3.58. The SMILES string of the molecule is O=S(=O)(NCCN1CCCC1)NCC1CC(c2c(-c3ccc(F)cc3)[nH]c3c(F)cc(F)cc23)C1. The zero-order chi connectivity index (χ0) is 24.6. The smallest absolute Gasteiger partial charge is 0.276 e. The maximum atomic E-state index is 14.5. The van der Waals surface area contributed by atoms with Gasteiger partial charge in [0, 0.05) is 31.1 Å². The molecule has 5 rings (SSSR count). The monoisotopic (exact) mass is 506 g/mol. The molecule has 1 saturated carbocycles. The quantitative estimate of drug-likeness (QED) is 0.406. The summed E-state index contributed by atoms with van der Waals surface area (Å²) in [5.74, 6) is -1.61. The number of aromatic amines is 1. The summed E-state index contributed by atoms with van der Waals surface area (Å²) in [4.78, 5) is 5.31. The molecule has 35 heavy (non-hydrogen) atoms. The number of hydrogen-bond acceptors (Lipinski definition) is 3. The van der Waals surface area contributed by atoms with Crippen LogP contribution in [-0.4, -0.2) is 51.0 Å². The number of likely N-dealkylation sites (tertiary alicyclic amines) is 1. The Kier molecular flexibility index (Phi) is 6.89. The number of aromatic nitrogens is 1. The van der Waals surface area contributed by atoms with E-state index in [9.17, 15) is 21.6 Å². The standard InChI is InChI=1S/C25H29F3N4O2S/c26-19-5-3-17(4-6-19)24-23(21-13-20(27)14-22(28)25(21)31-24)18-11-16(12-18)15-30-35(33,34)29-7-10-32-8-1-2-9-32/h3-6,13-14,16,18,29-31H,1-2,7-12,15H2. The van der Waals surface area contributed by atoms with E-state index < -0.39 is 21.8 Å². The summed E-state index contributed by atoms with van der Waals surface area (Å²) in [6, 6.07) is 8.03. The van der Waals surface area contributed by atoms with Crippen LogP contribution in [0.4, 0.5) is 13.2 Å². The van der Waals surface area contributed by atoms with Gasteiger partial charge in [-0.25, -0.2) is 22.6 Å². The summed E-state index contributed by atoms with van der Waals surface area (Å²) in [6.07, 6.45) is 3.67. The number of benzene rings is 2. The molecule has 0 unspecified atom stereocenters. The highest BCUT2D eigenvalue weighted by molar-refractivity contribution is 7.87. The van der Waals surface area contributed by atoms with E-state index in [0.29, 0.717) is 49.1 Å². The van der Waals surface area contributed by atoms with Gasteiger partial charge in [-0.2, -0.15) is 8.42 Å². The molecule has 188 valence electrons. The first-order chi connectivity index (χ1) is 16.8. The summed E-state index contributed by atoms with van der Waals surface area (Å²) in [6.45, 7) is 3.40. The fourth-order valence-corrected chi connectivity index (χ4v) is 6.19. The minimum Gasteiger partial charge on any atom is -0.352 e. The van der Waals surface area contributed by atoms with Crippen molar-refractivity contribution in [3.8, 4) is 11.3 Å². The van der Waals surface area contributed by atoms with Crippen LogP contribution in [0.5, 0.6) is 0 Å². The van der Waals surface area contributed by atoms with E-state index in [1.165, 1.54) is 18.2 Å². The van der Waals surface area contributed by atoms with Crippen LogP contribution in [0.2, 0.25) is 0 Å². The molecule has 0 amide bonds. The molecule has 0 bridgehead atoms. The van der Waals surface area contributed by atoms with Crippen LogP contribution in [0.3, 0.4) is 0 Å². The summed E-state index contributed by atoms with van der Waals surface area (Å²) < 4.78 is 71.9. The molecule has 2 heterocycles. The number of rotatable bonds is 9. The lowest BCUT2D eigenvalue weighted by atomic mass is 9.70. The number of nitrogens with one attached hydrogen (secondary N) is 3. The van der Waals surface area contributed by atoms with Crippen LogP contribution in [0, 0.1) is 23.4 Å². The molecule has 6 nitrogen and oxygen atoms in total. The molecular weight excluding hydrogens is 477 g/mol. The second-order valence-corrected chi connectivity index (χ2v) is 11.1. The fourth-order valence-electron chi connectivity index (χ4n) is 5.27. The molecule has 10 heteroatoms. The maximum absolute atomic E-state index is 14.5. The number of fused-ring (bicyclic) bond motifs is 1. The largest absolute Gasteiger partial charge is 0.352 e. The Balaban J connectivity index is 1.26. The van der Waals surface area contributed by atoms with E-state index >= 15 is 0 Å². The molecular formula is C25H29F3N4O2S. The zero-order valence-electron chi connectivity index (χ0n) is 19.3. The third-order valence-corrected chi connectivity index (χ3v) is 8.25. The van der Waals surface area contributed by atoms with Crippen molar-refractivity contribution in [2.24, 2.45) is 5.92 Å². The topological polar surface area (TPSA) is 77.2 Å². The second kappa shape index (κ2) is 9.93. The van der Waals surface area contributed by atoms with Crippen LogP contribution >= 0.6 is 0 Å². The third kappa shape index (κ3) is 5.40. The number of halogens is 3. The van der Waals surface area contributed by atoms with Gasteiger partial charge in [0.2, 0.25) is 0 Å². The fraction of sp³-hybridized carbons (Fsp3) is 0.440. The molecule has 2 aromatic carbocycles. The number of hydrogen-bond donors (Lipinski definition) is 3. The molecule has 1 saturated heterocycles. The molecule has 3 N–H and O–H groups in total. The average molecular weight is 507 g/mol. The Morgan fingerprint density at radius 1 is 0.971 bits per heavy atom. The first kappa shape index (κ1) is 24.3. The van der Waals surface area contributed by atoms with Crippen LogP contribution in [0.25, 0.3) is 22.2 Å². The maximum Gasteiger partial charge on any atom is 0.276 e. The minimum atomic E-state index is -3.58. The van der Waals surface area contributed by atoms with Crippen LogP contribution in [0.1, 0.15) is 37.2 Å². The van der Waals surface area contributed by atoms with Crippen molar-refractivity contribution in [2.75, 3.05) is 32.7 Å². The first-order valence-corrected chi connectivity index (χ1v) is 13.5. The summed E-state index contributed by atoms with van der Waals surface area (Å²) in [5.41, 5.74) is 2.32. The molecule has 0 spiro atoms. The molecule has 1 aromatic heterocycles. The molecule has 1 aliphatic heterocycles. The Bertz CT molecular complexity index is 1300. The van der Waals surface area contributed by atoms with Crippen molar-refractivity contribution in [1.82, 2.24) is 19.3 Å². The van der Waals surface area contributed by atoms with E-state index in [-0.39, 0.29) is 23.2 Å². The molecule has 1 aliphatic carbocycles.